The molecule has 3 aromatic carbocycles. The van der Waals surface area contributed by atoms with E-state index in [1.807, 2.05) is 66.7 Å². The lowest BCUT2D eigenvalue weighted by Gasteiger charge is -2.37. The third-order valence-corrected chi connectivity index (χ3v) is 9.77. The maximum Gasteiger partial charge on any atom is 0.312 e. The van der Waals surface area contributed by atoms with Gasteiger partial charge in [-0.05, 0) is 23.3 Å². The van der Waals surface area contributed by atoms with E-state index in [0.717, 1.165) is 54.0 Å². The van der Waals surface area contributed by atoms with Crippen LogP contribution in [0.25, 0.3) is 0 Å². The van der Waals surface area contributed by atoms with Crippen molar-refractivity contribution in [1.29, 1.82) is 0 Å². The van der Waals surface area contributed by atoms with E-state index in [1.165, 1.54) is 0 Å². The summed E-state index contributed by atoms with van der Waals surface area (Å²) in [6.45, 7) is 4.81. The van der Waals surface area contributed by atoms with Crippen molar-refractivity contribution >= 4 is 6.01 Å². The van der Waals surface area contributed by atoms with Crippen LogP contribution in [0.5, 0.6) is 23.0 Å². The fraction of sp³-hybridized carbons (Fsp3) is 0.412. The lowest BCUT2D eigenvalue weighted by molar-refractivity contribution is -0.916. The van der Waals surface area contributed by atoms with Crippen LogP contribution in [-0.2, 0) is 10.3 Å². The summed E-state index contributed by atoms with van der Waals surface area (Å²) in [5.41, 5.74) is 7.38. The summed E-state index contributed by atoms with van der Waals surface area (Å²) in [5, 5.41) is 20.6. The summed E-state index contributed by atoms with van der Waals surface area (Å²) in [5.74, 6) is 1.14. The zero-order valence-electron chi connectivity index (χ0n) is 25.7. The van der Waals surface area contributed by atoms with Gasteiger partial charge in [-0.1, -0.05) is 47.6 Å². The van der Waals surface area contributed by atoms with E-state index in [9.17, 15) is 5.11 Å². The average Bonchev–Trinajstić information content (AvgIpc) is 3.71. The fourth-order valence-electron chi connectivity index (χ4n) is 7.48. The first-order chi connectivity index (χ1) is 21.9. The van der Waals surface area contributed by atoms with E-state index in [0.29, 0.717) is 29.6 Å². The predicted molar refractivity (Wildman–Crippen MR) is 165 cm³/mol. The summed E-state index contributed by atoms with van der Waals surface area (Å²) in [6, 6.07) is 21.5. The molecule has 1 saturated carbocycles. The van der Waals surface area contributed by atoms with Gasteiger partial charge in [0, 0.05) is 23.6 Å². The highest BCUT2D eigenvalue weighted by Crippen LogP contribution is 2.70. The summed E-state index contributed by atoms with van der Waals surface area (Å²) in [6.07, 6.45) is -0.996. The Morgan fingerprint density at radius 3 is 2.38 bits per heavy atom. The second-order valence-corrected chi connectivity index (χ2v) is 12.3. The van der Waals surface area contributed by atoms with E-state index in [1.54, 1.807) is 14.2 Å². The molecule has 1 aromatic heterocycles. The number of hydrogen-bond donors (Lipinski definition) is 2. The molecule has 0 bridgehead atoms. The van der Waals surface area contributed by atoms with Crippen molar-refractivity contribution in [2.45, 2.75) is 29.5 Å². The first-order valence-corrected chi connectivity index (χ1v) is 15.3. The highest BCUT2D eigenvalue weighted by atomic mass is 16.5. The van der Waals surface area contributed by atoms with Crippen LogP contribution in [0.3, 0.4) is 0 Å². The minimum absolute atomic E-state index is 0.0616. The number of nitrogen functional groups attached to an aromatic ring is 1. The molecule has 2 aliphatic heterocycles. The molecule has 0 radical (unpaired) electrons. The average molecular weight is 616 g/mol. The molecule has 1 aliphatic carbocycles. The number of morpholine rings is 1. The first kappa shape index (κ1) is 29.4. The van der Waals surface area contributed by atoms with E-state index in [4.69, 9.17) is 33.8 Å². The Morgan fingerprint density at radius 2 is 1.71 bits per heavy atom. The number of nitrogens with two attached hydrogens (primary N) is 1. The number of likely N-dealkylation sites (N-methyl/N-ethyl adjacent to an activating group) is 1. The molecule has 3 aliphatic rings. The standard InChI is InChI=1S/C34H39N4O7/c1-38(13-16-42-17-14-38)15-18-43-24-19-25(41-3)27-26(20-24)45-34(22-9-11-23(40-2)12-10-22)29(21-7-5-4-6-8-21)28(31(39)30(27)34)32-36-37-33(35)44-32/h4-12,19-20,28-31,39H,13-18H2,1-3H3,(H2,35,37)/q+1/t28-,29-,30?,31-,34+/m1/s1. The Hall–Kier alpha value is -4.32. The van der Waals surface area contributed by atoms with Crippen molar-refractivity contribution in [1.82, 2.24) is 10.2 Å². The number of aliphatic hydroxyl groups excluding tert-OH is 1. The van der Waals surface area contributed by atoms with Gasteiger partial charge in [0.2, 0.25) is 5.89 Å². The smallest absolute Gasteiger partial charge is 0.312 e. The highest BCUT2D eigenvalue weighted by molar-refractivity contribution is 5.61. The van der Waals surface area contributed by atoms with Gasteiger partial charge in [-0.15, -0.1) is 5.10 Å². The van der Waals surface area contributed by atoms with Crippen LogP contribution in [0.15, 0.2) is 71.1 Å². The molecule has 2 fully saturated rings. The summed E-state index contributed by atoms with van der Waals surface area (Å²) >= 11 is 0. The van der Waals surface area contributed by atoms with Gasteiger partial charge in [0.15, 0.2) is 5.60 Å². The van der Waals surface area contributed by atoms with Crippen molar-refractivity contribution < 1.29 is 37.7 Å². The van der Waals surface area contributed by atoms with Gasteiger partial charge in [0.1, 0.15) is 49.2 Å². The van der Waals surface area contributed by atoms with Crippen molar-refractivity contribution in [3.05, 3.63) is 89.3 Å². The zero-order chi connectivity index (χ0) is 31.2. The van der Waals surface area contributed by atoms with Crippen LogP contribution in [0.4, 0.5) is 6.01 Å². The molecule has 0 spiro atoms. The number of anilines is 1. The largest absolute Gasteiger partial charge is 0.497 e. The molecular weight excluding hydrogens is 576 g/mol. The van der Waals surface area contributed by atoms with E-state index in [-0.39, 0.29) is 11.9 Å². The lowest BCUT2D eigenvalue weighted by Crippen LogP contribution is -2.53. The summed E-state index contributed by atoms with van der Waals surface area (Å²) in [4.78, 5) is 0. The number of hydrogen-bond acceptors (Lipinski definition) is 10. The number of benzene rings is 3. The van der Waals surface area contributed by atoms with Gasteiger partial charge < -0.3 is 43.4 Å². The zero-order valence-corrected chi connectivity index (χ0v) is 25.7. The molecule has 45 heavy (non-hydrogen) atoms. The van der Waals surface area contributed by atoms with Crippen molar-refractivity contribution in [2.75, 3.05) is 66.5 Å². The quantitative estimate of drug-likeness (QED) is 0.268. The van der Waals surface area contributed by atoms with E-state index < -0.39 is 29.5 Å². The van der Waals surface area contributed by atoms with Crippen LogP contribution in [-0.4, -0.2) is 86.6 Å². The van der Waals surface area contributed by atoms with Gasteiger partial charge in [-0.25, -0.2) is 0 Å². The Labute approximate surface area is 262 Å². The van der Waals surface area contributed by atoms with Crippen LogP contribution >= 0.6 is 0 Å². The molecule has 3 N–H and O–H groups in total. The van der Waals surface area contributed by atoms with Crippen molar-refractivity contribution in [2.24, 2.45) is 0 Å². The molecule has 1 unspecified atom stereocenters. The Balaban J connectivity index is 1.35. The topological polar surface area (TPSA) is 131 Å². The highest BCUT2D eigenvalue weighted by Gasteiger charge is 2.69. The predicted octanol–water partition coefficient (Wildman–Crippen LogP) is 3.84. The van der Waals surface area contributed by atoms with Gasteiger partial charge in [0.05, 0.1) is 52.4 Å². The molecule has 11 nitrogen and oxygen atoms in total. The number of quaternary nitrogens is 1. The van der Waals surface area contributed by atoms with Gasteiger partial charge in [0.25, 0.3) is 0 Å². The molecule has 11 heteroatoms. The maximum atomic E-state index is 12.4. The third-order valence-electron chi connectivity index (χ3n) is 9.77. The second kappa shape index (κ2) is 11.6. The minimum atomic E-state index is -1.08. The number of aromatic nitrogens is 2. The second-order valence-electron chi connectivity index (χ2n) is 12.3. The Morgan fingerprint density at radius 1 is 0.956 bits per heavy atom. The van der Waals surface area contributed by atoms with Crippen molar-refractivity contribution in [3.8, 4) is 23.0 Å². The van der Waals surface area contributed by atoms with Gasteiger partial charge in [-0.2, -0.15) is 0 Å². The Kier molecular flexibility index (Phi) is 7.55. The molecule has 5 atom stereocenters. The number of methoxy groups -OCH3 is 2. The van der Waals surface area contributed by atoms with Gasteiger partial charge in [-0.3, -0.25) is 0 Å². The number of nitrogens with zero attached hydrogens (tertiary/aromatic N) is 3. The number of rotatable bonds is 9. The van der Waals surface area contributed by atoms with Gasteiger partial charge >= 0.3 is 6.01 Å². The number of ether oxygens (including phenoxy) is 5. The van der Waals surface area contributed by atoms with E-state index >= 15 is 0 Å². The first-order valence-electron chi connectivity index (χ1n) is 15.3. The van der Waals surface area contributed by atoms with Crippen LogP contribution in [0.2, 0.25) is 0 Å². The Bertz CT molecular complexity index is 1640. The SMILES string of the molecule is COc1ccc([C@@]23Oc4cc(OCC[N+]5(C)CCOCC5)cc(OC)c4C2[C@H](O)[C@H](c2nnc(N)o2)[C@H]3c2ccccc2)cc1. The third kappa shape index (κ3) is 4.95. The maximum absolute atomic E-state index is 12.4. The fourth-order valence-corrected chi connectivity index (χ4v) is 7.48. The summed E-state index contributed by atoms with van der Waals surface area (Å²) < 4.78 is 37.2. The van der Waals surface area contributed by atoms with Crippen LogP contribution < -0.4 is 24.7 Å². The number of aliphatic hydroxyl groups is 1. The molecular formula is C34H39N4O7+. The molecule has 1 saturated heterocycles. The van der Waals surface area contributed by atoms with E-state index in [2.05, 4.69) is 17.2 Å². The van der Waals surface area contributed by atoms with Crippen molar-refractivity contribution in [3.63, 3.8) is 0 Å². The molecule has 0 amide bonds. The monoisotopic (exact) mass is 615 g/mol. The molecule has 3 heterocycles. The molecule has 4 aromatic rings. The summed E-state index contributed by atoms with van der Waals surface area (Å²) in [7, 11) is 5.49. The number of fused-ring (bicyclic) bond motifs is 3. The van der Waals surface area contributed by atoms with Crippen LogP contribution in [0.1, 0.15) is 40.3 Å². The molecule has 7 rings (SSSR count). The molecule has 236 valence electrons. The van der Waals surface area contributed by atoms with Crippen LogP contribution in [0, 0.1) is 0 Å². The normalized spacial score (nSPS) is 26.5. The lowest BCUT2D eigenvalue weighted by atomic mass is 9.73. The minimum Gasteiger partial charge on any atom is -0.497 e.